The lowest BCUT2D eigenvalue weighted by Gasteiger charge is -2.30. The summed E-state index contributed by atoms with van der Waals surface area (Å²) < 4.78 is 4.28. The average Bonchev–Trinajstić information content (AvgIpc) is 3.29. The molecule has 0 bridgehead atoms. The quantitative estimate of drug-likeness (QED) is 0.663. The second-order valence-corrected chi connectivity index (χ2v) is 7.52. The maximum Gasteiger partial charge on any atom is 0.152 e. The molecule has 3 heterocycles. The van der Waals surface area contributed by atoms with Gasteiger partial charge in [-0.25, -0.2) is 4.98 Å². The number of hydrogen-bond acceptors (Lipinski definition) is 4. The lowest BCUT2D eigenvalue weighted by Crippen LogP contribution is -2.33. The molecule has 1 aliphatic rings. The van der Waals surface area contributed by atoms with Crippen molar-refractivity contribution in [1.29, 1.82) is 0 Å². The Morgan fingerprint density at radius 2 is 1.89 bits per heavy atom. The summed E-state index contributed by atoms with van der Waals surface area (Å²) in [6.07, 6.45) is 10.6. The van der Waals surface area contributed by atoms with E-state index < -0.39 is 0 Å². The van der Waals surface area contributed by atoms with E-state index in [2.05, 4.69) is 78.7 Å². The van der Waals surface area contributed by atoms with E-state index in [0.29, 0.717) is 5.92 Å². The summed E-state index contributed by atoms with van der Waals surface area (Å²) in [5.41, 5.74) is 1.26. The first-order chi connectivity index (χ1) is 13.7. The van der Waals surface area contributed by atoms with Crippen LogP contribution in [0.15, 0.2) is 48.8 Å². The van der Waals surface area contributed by atoms with Crippen LogP contribution in [0.3, 0.4) is 0 Å². The Hall–Kier alpha value is -2.73. The minimum atomic E-state index is 0.490. The van der Waals surface area contributed by atoms with Crippen molar-refractivity contribution in [3.63, 3.8) is 0 Å². The van der Waals surface area contributed by atoms with Crippen molar-refractivity contribution in [2.75, 3.05) is 19.6 Å². The monoisotopic (exact) mass is 376 g/mol. The molecule has 4 rings (SSSR count). The zero-order chi connectivity index (χ0) is 19.3. The van der Waals surface area contributed by atoms with Crippen LogP contribution in [0.5, 0.6) is 0 Å². The second-order valence-electron chi connectivity index (χ2n) is 7.52. The van der Waals surface area contributed by atoms with E-state index in [1.165, 1.54) is 5.56 Å². The Bertz CT molecular complexity index is 916. The van der Waals surface area contributed by atoms with E-state index >= 15 is 0 Å². The summed E-state index contributed by atoms with van der Waals surface area (Å²) in [5, 5.41) is 8.97. The van der Waals surface area contributed by atoms with E-state index in [9.17, 15) is 0 Å². The van der Waals surface area contributed by atoms with Gasteiger partial charge in [0, 0.05) is 31.9 Å². The lowest BCUT2D eigenvalue weighted by molar-refractivity contribution is 0.227. The van der Waals surface area contributed by atoms with E-state index in [1.807, 2.05) is 19.3 Å². The third kappa shape index (κ3) is 4.22. The lowest BCUT2D eigenvalue weighted by atomic mass is 9.96. The molecule has 0 atom stereocenters. The van der Waals surface area contributed by atoms with Crippen molar-refractivity contribution in [3.05, 3.63) is 71.8 Å². The summed E-state index contributed by atoms with van der Waals surface area (Å²) >= 11 is 0. The molecule has 1 aromatic carbocycles. The van der Waals surface area contributed by atoms with E-state index in [1.54, 1.807) is 0 Å². The average molecular weight is 377 g/mol. The molecular formula is C22H28N6. The highest BCUT2D eigenvalue weighted by Gasteiger charge is 2.24. The SMILES string of the molecule is Cc1nccn1Cc1nnc(C2CCN(C/C=C/c3ccccc3)CC2)n1C. The number of hydrogen-bond donors (Lipinski definition) is 0. The van der Waals surface area contributed by atoms with Gasteiger partial charge in [0.2, 0.25) is 0 Å². The second kappa shape index (κ2) is 8.52. The van der Waals surface area contributed by atoms with Gasteiger partial charge in [-0.15, -0.1) is 10.2 Å². The number of rotatable bonds is 6. The molecular weight excluding hydrogens is 348 g/mol. The molecule has 1 fully saturated rings. The highest BCUT2D eigenvalue weighted by atomic mass is 15.3. The smallest absolute Gasteiger partial charge is 0.152 e. The molecule has 6 heteroatoms. The Balaban J connectivity index is 1.31. The third-order valence-corrected chi connectivity index (χ3v) is 5.66. The predicted octanol–water partition coefficient (Wildman–Crippen LogP) is 3.26. The molecule has 1 saturated heterocycles. The first kappa shape index (κ1) is 18.6. The summed E-state index contributed by atoms with van der Waals surface area (Å²) in [6, 6.07) is 10.5. The molecule has 0 amide bonds. The van der Waals surface area contributed by atoms with Crippen molar-refractivity contribution in [2.24, 2.45) is 7.05 Å². The van der Waals surface area contributed by atoms with Crippen LogP contribution in [-0.2, 0) is 13.6 Å². The number of piperidine rings is 1. The van der Waals surface area contributed by atoms with Crippen LogP contribution >= 0.6 is 0 Å². The third-order valence-electron chi connectivity index (χ3n) is 5.66. The molecule has 2 aromatic heterocycles. The number of likely N-dealkylation sites (tertiary alicyclic amines) is 1. The van der Waals surface area contributed by atoms with E-state index in [4.69, 9.17) is 0 Å². The Morgan fingerprint density at radius 1 is 1.11 bits per heavy atom. The molecule has 1 aliphatic heterocycles. The molecule has 0 spiro atoms. The van der Waals surface area contributed by atoms with Crippen LogP contribution in [0.25, 0.3) is 6.08 Å². The Labute approximate surface area is 166 Å². The topological polar surface area (TPSA) is 51.8 Å². The van der Waals surface area contributed by atoms with Crippen LogP contribution in [0, 0.1) is 6.92 Å². The molecule has 0 aliphatic carbocycles. The van der Waals surface area contributed by atoms with Crippen LogP contribution in [-0.4, -0.2) is 48.8 Å². The molecule has 0 N–H and O–H groups in total. The molecule has 28 heavy (non-hydrogen) atoms. The highest BCUT2D eigenvalue weighted by Crippen LogP contribution is 2.27. The van der Waals surface area contributed by atoms with Gasteiger partial charge in [-0.1, -0.05) is 42.5 Å². The van der Waals surface area contributed by atoms with Gasteiger partial charge in [0.15, 0.2) is 5.82 Å². The first-order valence-electron chi connectivity index (χ1n) is 10.0. The van der Waals surface area contributed by atoms with E-state index in [-0.39, 0.29) is 0 Å². The van der Waals surface area contributed by atoms with Gasteiger partial charge in [-0.2, -0.15) is 0 Å². The fraction of sp³-hybridized carbons (Fsp3) is 0.409. The van der Waals surface area contributed by atoms with Gasteiger partial charge < -0.3 is 9.13 Å². The van der Waals surface area contributed by atoms with Gasteiger partial charge in [0.1, 0.15) is 11.6 Å². The van der Waals surface area contributed by atoms with Crippen LogP contribution in [0.4, 0.5) is 0 Å². The van der Waals surface area contributed by atoms with Gasteiger partial charge in [-0.05, 0) is 38.4 Å². The van der Waals surface area contributed by atoms with Crippen molar-refractivity contribution in [2.45, 2.75) is 32.2 Å². The standard InChI is InChI=1S/C22H28N6/c1-18-23-12-16-28(18)17-21-24-25-22(26(21)2)20-10-14-27(15-11-20)13-6-9-19-7-4-3-5-8-19/h3-9,12,16,20H,10-11,13-15,17H2,1-2H3/b9-6+. The van der Waals surface area contributed by atoms with Crippen LogP contribution < -0.4 is 0 Å². The summed E-state index contributed by atoms with van der Waals surface area (Å²) in [7, 11) is 2.09. The number of aryl methyl sites for hydroxylation is 1. The minimum absolute atomic E-state index is 0.490. The number of benzene rings is 1. The van der Waals surface area contributed by atoms with E-state index in [0.717, 1.165) is 56.5 Å². The van der Waals surface area contributed by atoms with Crippen molar-refractivity contribution < 1.29 is 0 Å². The summed E-state index contributed by atoms with van der Waals surface area (Å²) in [4.78, 5) is 6.80. The fourth-order valence-corrected chi connectivity index (χ4v) is 3.87. The van der Waals surface area contributed by atoms with Crippen LogP contribution in [0.2, 0.25) is 0 Å². The van der Waals surface area contributed by atoms with Crippen molar-refractivity contribution in [3.8, 4) is 0 Å². The van der Waals surface area contributed by atoms with Gasteiger partial charge >= 0.3 is 0 Å². The Morgan fingerprint density at radius 3 is 2.61 bits per heavy atom. The Kier molecular flexibility index (Phi) is 5.67. The molecule has 3 aromatic rings. The summed E-state index contributed by atoms with van der Waals surface area (Å²) in [5.74, 6) is 3.60. The normalized spacial score (nSPS) is 16.2. The number of aromatic nitrogens is 5. The summed E-state index contributed by atoms with van der Waals surface area (Å²) in [6.45, 7) is 5.95. The fourth-order valence-electron chi connectivity index (χ4n) is 3.87. The zero-order valence-corrected chi connectivity index (χ0v) is 16.7. The predicted molar refractivity (Wildman–Crippen MR) is 111 cm³/mol. The minimum Gasteiger partial charge on any atom is -0.328 e. The first-order valence-corrected chi connectivity index (χ1v) is 10.0. The largest absolute Gasteiger partial charge is 0.328 e. The molecule has 0 unspecified atom stereocenters. The van der Waals surface area contributed by atoms with Gasteiger partial charge in [-0.3, -0.25) is 4.90 Å². The zero-order valence-electron chi connectivity index (χ0n) is 16.7. The van der Waals surface area contributed by atoms with Crippen molar-refractivity contribution in [1.82, 2.24) is 29.2 Å². The highest BCUT2D eigenvalue weighted by molar-refractivity contribution is 5.48. The van der Waals surface area contributed by atoms with Crippen molar-refractivity contribution >= 4 is 6.08 Å². The van der Waals surface area contributed by atoms with Crippen LogP contribution in [0.1, 0.15) is 41.8 Å². The molecule has 0 radical (unpaired) electrons. The maximum absolute atomic E-state index is 4.52. The maximum atomic E-state index is 4.52. The number of nitrogens with zero attached hydrogens (tertiary/aromatic N) is 6. The molecule has 146 valence electrons. The number of imidazole rings is 1. The van der Waals surface area contributed by atoms with Gasteiger partial charge in [0.05, 0.1) is 6.54 Å². The van der Waals surface area contributed by atoms with Gasteiger partial charge in [0.25, 0.3) is 0 Å². The molecule has 6 nitrogen and oxygen atoms in total. The molecule has 0 saturated carbocycles.